The number of unbranched alkanes of at least 4 members (excludes halogenated alkanes) is 19. The lowest BCUT2D eigenvalue weighted by Gasteiger charge is -2.30. The first-order chi connectivity index (χ1) is 34.0. The summed E-state index contributed by atoms with van der Waals surface area (Å²) in [7, 11) is 1.25. The average molecular weight is 996 g/mol. The van der Waals surface area contributed by atoms with Gasteiger partial charge in [0.25, 0.3) is 7.82 Å². The van der Waals surface area contributed by atoms with Gasteiger partial charge in [-0.3, -0.25) is 9.36 Å². The van der Waals surface area contributed by atoms with E-state index in [9.17, 15) is 19.4 Å². The number of hydrogen-bond acceptors (Lipinski definition) is 6. The van der Waals surface area contributed by atoms with Crippen molar-refractivity contribution in [3.63, 3.8) is 0 Å². The summed E-state index contributed by atoms with van der Waals surface area (Å²) in [5.74, 6) is -0.225. The van der Waals surface area contributed by atoms with Gasteiger partial charge in [-0.2, -0.15) is 0 Å². The Labute approximate surface area is 431 Å². The number of carbonyl (C=O) groups excluding carboxylic acids is 1. The number of phosphoric acid groups is 1. The van der Waals surface area contributed by atoms with Crippen molar-refractivity contribution in [1.82, 2.24) is 5.32 Å². The fourth-order valence-electron chi connectivity index (χ4n) is 7.63. The minimum absolute atomic E-state index is 0.00466. The van der Waals surface area contributed by atoms with Crippen LogP contribution in [0.3, 0.4) is 0 Å². The molecule has 1 amide bonds. The number of nitrogens with zero attached hydrogens (tertiary/aromatic N) is 1. The third-order valence-corrected chi connectivity index (χ3v) is 13.0. The number of phosphoric ester groups is 1. The molecule has 3 atom stereocenters. The molecule has 0 fully saturated rings. The van der Waals surface area contributed by atoms with Gasteiger partial charge < -0.3 is 28.8 Å². The molecule has 0 heterocycles. The Kier molecular flexibility index (Phi) is 49.0. The second kappa shape index (κ2) is 51.1. The van der Waals surface area contributed by atoms with E-state index in [0.717, 1.165) is 83.5 Å². The molecule has 0 aromatic rings. The molecule has 0 saturated carbocycles. The van der Waals surface area contributed by atoms with E-state index in [0.29, 0.717) is 23.9 Å². The topological polar surface area (TPSA) is 108 Å². The molecule has 0 bridgehead atoms. The van der Waals surface area contributed by atoms with Gasteiger partial charge in [-0.05, 0) is 77.0 Å². The Morgan fingerprint density at radius 3 is 1.21 bits per heavy atom. The van der Waals surface area contributed by atoms with Crippen molar-refractivity contribution in [3.8, 4) is 0 Å². The van der Waals surface area contributed by atoms with Crippen LogP contribution in [-0.2, 0) is 18.4 Å². The first kappa shape index (κ1) is 67.2. The predicted octanol–water partition coefficient (Wildman–Crippen LogP) is 16.6. The number of carbonyl (C=O) groups is 1. The number of nitrogens with one attached hydrogen (secondary N) is 1. The van der Waals surface area contributed by atoms with Gasteiger partial charge in [0.2, 0.25) is 5.91 Å². The zero-order chi connectivity index (χ0) is 51.3. The maximum atomic E-state index is 13.0. The number of allylic oxidation sites excluding steroid dienone is 18. The maximum absolute atomic E-state index is 13.0. The summed E-state index contributed by atoms with van der Waals surface area (Å²) < 4.78 is 23.4. The summed E-state index contributed by atoms with van der Waals surface area (Å²) in [5.41, 5.74) is 0. The van der Waals surface area contributed by atoms with E-state index < -0.39 is 20.0 Å². The molecule has 0 aromatic carbocycles. The molecule has 8 nitrogen and oxygen atoms in total. The van der Waals surface area contributed by atoms with Crippen LogP contribution >= 0.6 is 7.82 Å². The van der Waals surface area contributed by atoms with E-state index in [1.165, 1.54) is 103 Å². The lowest BCUT2D eigenvalue weighted by Crippen LogP contribution is -2.46. The summed E-state index contributed by atoms with van der Waals surface area (Å²) in [5, 5.41) is 14.0. The number of quaternary nitrogens is 1. The zero-order valence-electron chi connectivity index (χ0n) is 45.7. The molecule has 402 valence electrons. The molecular formula is C61H107N2O6P. The van der Waals surface area contributed by atoms with Crippen molar-refractivity contribution >= 4 is 13.7 Å². The third-order valence-electron chi connectivity index (χ3n) is 12.0. The van der Waals surface area contributed by atoms with E-state index in [-0.39, 0.29) is 25.5 Å². The standard InChI is InChI=1S/C61H107N2O6P/c1-6-8-10-12-14-16-18-20-22-24-26-27-28-29-30-31-32-33-34-35-37-39-41-43-45-47-49-51-53-55-61(65)62-59(58-69-70(66,67)68-57-56-63(3,4)5)60(64)54-52-50-48-46-44-42-40-38-36-25-23-21-19-17-15-13-11-9-7-2/h8,10,14,16,20,22,26-27,29-30,32-33,35,37,41,43,47,49,59-60,64H,6-7,9,11-13,15,17-19,21,23-25,28,31,34,36,38-40,42,44-46,48,50-58H2,1-5H3,(H-,62,65,66,67)/b10-8-,16-14-,22-20-,27-26-,30-29-,33-32-,37-35-,43-41-,49-47-. The Morgan fingerprint density at radius 2 is 0.857 bits per heavy atom. The first-order valence-corrected chi connectivity index (χ1v) is 29.7. The molecule has 3 unspecified atom stereocenters. The Hall–Kier alpha value is -2.84. The Morgan fingerprint density at radius 1 is 0.514 bits per heavy atom. The number of rotatable bonds is 50. The van der Waals surface area contributed by atoms with E-state index in [4.69, 9.17) is 9.05 Å². The van der Waals surface area contributed by atoms with Crippen LogP contribution in [0.2, 0.25) is 0 Å². The maximum Gasteiger partial charge on any atom is 0.268 e. The fourth-order valence-corrected chi connectivity index (χ4v) is 8.35. The zero-order valence-corrected chi connectivity index (χ0v) is 46.6. The van der Waals surface area contributed by atoms with Gasteiger partial charge >= 0.3 is 0 Å². The van der Waals surface area contributed by atoms with Crippen LogP contribution in [0.25, 0.3) is 0 Å². The van der Waals surface area contributed by atoms with Crippen LogP contribution in [0.1, 0.15) is 219 Å². The summed E-state index contributed by atoms with van der Waals surface area (Å²) >= 11 is 0. The van der Waals surface area contributed by atoms with Gasteiger partial charge in [-0.15, -0.1) is 0 Å². The monoisotopic (exact) mass is 995 g/mol. The summed E-state index contributed by atoms with van der Waals surface area (Å²) in [6, 6.07) is -0.840. The number of likely N-dealkylation sites (N-methyl/N-ethyl adjacent to an activating group) is 1. The van der Waals surface area contributed by atoms with Crippen LogP contribution < -0.4 is 10.2 Å². The predicted molar refractivity (Wildman–Crippen MR) is 302 cm³/mol. The highest BCUT2D eigenvalue weighted by molar-refractivity contribution is 7.45. The Balaban J connectivity index is 4.35. The Bertz CT molecular complexity index is 1500. The van der Waals surface area contributed by atoms with Crippen molar-refractivity contribution in [2.45, 2.75) is 231 Å². The highest BCUT2D eigenvalue weighted by atomic mass is 31.2. The molecule has 0 saturated heterocycles. The van der Waals surface area contributed by atoms with E-state index in [2.05, 4.69) is 129 Å². The number of aliphatic hydroxyl groups excluding tert-OH is 1. The van der Waals surface area contributed by atoms with Crippen LogP contribution in [0.15, 0.2) is 109 Å². The van der Waals surface area contributed by atoms with E-state index in [1.54, 1.807) is 0 Å². The molecule has 0 radical (unpaired) electrons. The highest BCUT2D eigenvalue weighted by Crippen LogP contribution is 2.38. The SMILES string of the molecule is CC/C=C\C/C=C\C/C=C\C/C=C\C/C=C\C/C=C\C/C=C\C/C=C\C/C=C\CCCC(=O)NC(COP(=O)([O-])OCC[N+](C)(C)C)C(O)CCCCCCCCCCCCCCCCCCCCC. The minimum atomic E-state index is -4.60. The van der Waals surface area contributed by atoms with Crippen LogP contribution in [0, 0.1) is 0 Å². The van der Waals surface area contributed by atoms with Gasteiger partial charge in [0.1, 0.15) is 13.2 Å². The van der Waals surface area contributed by atoms with Gasteiger partial charge in [0, 0.05) is 6.42 Å². The van der Waals surface area contributed by atoms with Crippen molar-refractivity contribution in [2.75, 3.05) is 40.9 Å². The first-order valence-electron chi connectivity index (χ1n) is 28.2. The molecule has 0 aromatic heterocycles. The smallest absolute Gasteiger partial charge is 0.268 e. The molecular weight excluding hydrogens is 888 g/mol. The molecule has 0 aliphatic rings. The largest absolute Gasteiger partial charge is 0.756 e. The van der Waals surface area contributed by atoms with E-state index in [1.807, 2.05) is 21.1 Å². The highest BCUT2D eigenvalue weighted by Gasteiger charge is 2.24. The lowest BCUT2D eigenvalue weighted by molar-refractivity contribution is -0.870. The fraction of sp³-hybridized carbons (Fsp3) is 0.689. The number of amides is 1. The minimum Gasteiger partial charge on any atom is -0.756 e. The molecule has 0 aliphatic heterocycles. The molecule has 0 rings (SSSR count). The quantitative estimate of drug-likeness (QED) is 0.0272. The molecule has 0 aliphatic carbocycles. The van der Waals surface area contributed by atoms with Crippen molar-refractivity contribution in [1.29, 1.82) is 0 Å². The molecule has 9 heteroatoms. The van der Waals surface area contributed by atoms with E-state index >= 15 is 0 Å². The number of hydrogen-bond donors (Lipinski definition) is 2. The van der Waals surface area contributed by atoms with Gasteiger partial charge in [0.05, 0.1) is 39.9 Å². The molecule has 2 N–H and O–H groups in total. The number of aliphatic hydroxyl groups is 1. The van der Waals surface area contributed by atoms with Crippen LogP contribution in [-0.4, -0.2) is 68.5 Å². The molecule has 70 heavy (non-hydrogen) atoms. The summed E-state index contributed by atoms with van der Waals surface area (Å²) in [6.45, 7) is 4.56. The normalized spacial score (nSPS) is 14.8. The summed E-state index contributed by atoms with van der Waals surface area (Å²) in [6.07, 6.45) is 74.1. The second-order valence-electron chi connectivity index (χ2n) is 19.9. The average Bonchev–Trinajstić information content (AvgIpc) is 3.32. The summed E-state index contributed by atoms with van der Waals surface area (Å²) in [4.78, 5) is 25.5. The second-order valence-corrected chi connectivity index (χ2v) is 21.3. The van der Waals surface area contributed by atoms with Crippen LogP contribution in [0.4, 0.5) is 0 Å². The van der Waals surface area contributed by atoms with Gasteiger partial charge in [-0.1, -0.05) is 245 Å². The van der Waals surface area contributed by atoms with Crippen molar-refractivity contribution < 1.29 is 32.9 Å². The molecule has 0 spiro atoms. The van der Waals surface area contributed by atoms with Crippen LogP contribution in [0.5, 0.6) is 0 Å². The van der Waals surface area contributed by atoms with Crippen molar-refractivity contribution in [2.24, 2.45) is 0 Å². The third kappa shape index (κ3) is 53.0. The van der Waals surface area contributed by atoms with Gasteiger partial charge in [-0.25, -0.2) is 0 Å². The van der Waals surface area contributed by atoms with Crippen molar-refractivity contribution in [3.05, 3.63) is 109 Å². The lowest BCUT2D eigenvalue weighted by atomic mass is 10.0. The van der Waals surface area contributed by atoms with Gasteiger partial charge in [0.15, 0.2) is 0 Å².